The number of nitrogens with zero attached hydrogens (tertiary/aromatic N) is 1. The van der Waals surface area contributed by atoms with Crippen molar-refractivity contribution in [1.29, 1.82) is 0 Å². The van der Waals surface area contributed by atoms with Gasteiger partial charge in [-0.15, -0.1) is 0 Å². The van der Waals surface area contributed by atoms with Gasteiger partial charge in [0, 0.05) is 6.04 Å². The number of hydrogen-bond acceptors (Lipinski definition) is 3. The summed E-state index contributed by atoms with van der Waals surface area (Å²) in [5.74, 6) is 1.65. The van der Waals surface area contributed by atoms with E-state index in [0.717, 1.165) is 17.9 Å². The second kappa shape index (κ2) is 7.53. The molecule has 0 spiro atoms. The molecule has 0 amide bonds. The fraction of sp³-hybridized carbons (Fsp3) is 0.647. The van der Waals surface area contributed by atoms with Crippen molar-refractivity contribution in [2.24, 2.45) is 0 Å². The Kier molecular flexibility index (Phi) is 5.72. The van der Waals surface area contributed by atoms with Gasteiger partial charge in [0.15, 0.2) is 11.5 Å². The zero-order valence-corrected chi connectivity index (χ0v) is 13.0. The first-order chi connectivity index (χ1) is 9.78. The normalized spacial score (nSPS) is 19.9. The molecule has 0 bridgehead atoms. The Labute approximate surface area is 122 Å². The third-order valence-electron chi connectivity index (χ3n) is 4.18. The maximum atomic E-state index is 5.40. The average molecular weight is 277 g/mol. The molecule has 0 saturated carbocycles. The number of ether oxygens (including phenoxy) is 2. The van der Waals surface area contributed by atoms with Gasteiger partial charge in [-0.2, -0.15) is 0 Å². The van der Waals surface area contributed by atoms with Crippen LogP contribution < -0.4 is 9.47 Å². The summed E-state index contributed by atoms with van der Waals surface area (Å²) in [6.07, 6.45) is 6.37. The predicted octanol–water partition coefficient (Wildman–Crippen LogP) is 3.51. The molecule has 3 heteroatoms. The molecule has 1 aliphatic rings. The van der Waals surface area contributed by atoms with E-state index in [1.54, 1.807) is 14.2 Å². The minimum atomic E-state index is 0.682. The molecule has 0 N–H and O–H groups in total. The van der Waals surface area contributed by atoms with Crippen LogP contribution in [-0.2, 0) is 6.42 Å². The third-order valence-corrected chi connectivity index (χ3v) is 4.18. The first-order valence-corrected chi connectivity index (χ1v) is 7.73. The molecule has 1 unspecified atom stereocenters. The standard InChI is InChI=1S/C17H27NO2/c1-4-10-18-11-6-5-7-15(18)12-14-8-9-16(19-2)17(13-14)20-3/h8-9,13,15H,4-7,10-12H2,1-3H3. The van der Waals surface area contributed by atoms with Crippen LogP contribution in [0.5, 0.6) is 11.5 Å². The molecule has 2 rings (SSSR count). The topological polar surface area (TPSA) is 21.7 Å². The van der Waals surface area contributed by atoms with Gasteiger partial charge in [-0.3, -0.25) is 0 Å². The largest absolute Gasteiger partial charge is 0.493 e. The first-order valence-electron chi connectivity index (χ1n) is 7.73. The molecule has 1 aromatic rings. The van der Waals surface area contributed by atoms with Crippen molar-refractivity contribution in [1.82, 2.24) is 4.90 Å². The highest BCUT2D eigenvalue weighted by molar-refractivity contribution is 5.43. The van der Waals surface area contributed by atoms with Gasteiger partial charge >= 0.3 is 0 Å². The summed E-state index contributed by atoms with van der Waals surface area (Å²) in [5.41, 5.74) is 1.34. The summed E-state index contributed by atoms with van der Waals surface area (Å²) in [4.78, 5) is 2.65. The minimum absolute atomic E-state index is 0.682. The Bertz CT molecular complexity index is 417. The number of likely N-dealkylation sites (tertiary alicyclic amines) is 1. The van der Waals surface area contributed by atoms with Crippen LogP contribution in [0.3, 0.4) is 0 Å². The van der Waals surface area contributed by atoms with E-state index in [1.165, 1.54) is 44.3 Å². The Balaban J connectivity index is 2.07. The zero-order valence-electron chi connectivity index (χ0n) is 13.0. The Morgan fingerprint density at radius 3 is 2.65 bits per heavy atom. The van der Waals surface area contributed by atoms with Gasteiger partial charge < -0.3 is 14.4 Å². The van der Waals surface area contributed by atoms with Gasteiger partial charge in [-0.05, 0) is 56.5 Å². The highest BCUT2D eigenvalue weighted by Gasteiger charge is 2.22. The summed E-state index contributed by atoms with van der Waals surface area (Å²) in [5, 5.41) is 0. The molecular formula is C17H27NO2. The molecular weight excluding hydrogens is 250 g/mol. The number of piperidine rings is 1. The van der Waals surface area contributed by atoms with E-state index in [1.807, 2.05) is 6.07 Å². The van der Waals surface area contributed by atoms with Gasteiger partial charge in [0.1, 0.15) is 0 Å². The molecule has 3 nitrogen and oxygen atoms in total. The maximum absolute atomic E-state index is 5.40. The SMILES string of the molecule is CCCN1CCCCC1Cc1ccc(OC)c(OC)c1. The lowest BCUT2D eigenvalue weighted by atomic mass is 9.95. The molecule has 1 aromatic carbocycles. The van der Waals surface area contributed by atoms with Crippen molar-refractivity contribution in [3.63, 3.8) is 0 Å². The molecule has 1 aliphatic heterocycles. The molecule has 0 aromatic heterocycles. The number of hydrogen-bond donors (Lipinski definition) is 0. The number of methoxy groups -OCH3 is 2. The molecule has 1 fully saturated rings. The van der Waals surface area contributed by atoms with E-state index in [0.29, 0.717) is 6.04 Å². The zero-order chi connectivity index (χ0) is 14.4. The van der Waals surface area contributed by atoms with Crippen molar-refractivity contribution in [3.05, 3.63) is 23.8 Å². The lowest BCUT2D eigenvalue weighted by molar-refractivity contribution is 0.147. The summed E-state index contributed by atoms with van der Waals surface area (Å²) in [6, 6.07) is 6.99. The first kappa shape index (κ1) is 15.2. The second-order valence-corrected chi connectivity index (χ2v) is 5.58. The van der Waals surface area contributed by atoms with E-state index in [2.05, 4.69) is 24.0 Å². The van der Waals surface area contributed by atoms with Gasteiger partial charge in [0.2, 0.25) is 0 Å². The number of benzene rings is 1. The molecule has 1 saturated heterocycles. The van der Waals surface area contributed by atoms with Crippen molar-refractivity contribution >= 4 is 0 Å². The van der Waals surface area contributed by atoms with E-state index < -0.39 is 0 Å². The Hall–Kier alpha value is -1.22. The summed E-state index contributed by atoms with van der Waals surface area (Å²) in [7, 11) is 3.38. The molecule has 1 heterocycles. The van der Waals surface area contributed by atoms with Crippen LogP contribution in [0.15, 0.2) is 18.2 Å². The van der Waals surface area contributed by atoms with Crippen LogP contribution >= 0.6 is 0 Å². The Morgan fingerprint density at radius 1 is 1.15 bits per heavy atom. The lowest BCUT2D eigenvalue weighted by Crippen LogP contribution is -2.41. The van der Waals surface area contributed by atoms with Crippen LogP contribution in [0, 0.1) is 0 Å². The smallest absolute Gasteiger partial charge is 0.160 e. The van der Waals surface area contributed by atoms with Gasteiger partial charge in [-0.25, -0.2) is 0 Å². The van der Waals surface area contributed by atoms with Crippen LogP contribution in [-0.4, -0.2) is 38.3 Å². The maximum Gasteiger partial charge on any atom is 0.160 e. The summed E-state index contributed by atoms with van der Waals surface area (Å²) < 4.78 is 10.7. The van der Waals surface area contributed by atoms with Crippen molar-refractivity contribution in [3.8, 4) is 11.5 Å². The molecule has 0 aliphatic carbocycles. The van der Waals surface area contributed by atoms with Crippen molar-refractivity contribution in [2.75, 3.05) is 27.3 Å². The van der Waals surface area contributed by atoms with Gasteiger partial charge in [0.25, 0.3) is 0 Å². The second-order valence-electron chi connectivity index (χ2n) is 5.58. The van der Waals surface area contributed by atoms with Crippen LogP contribution in [0.1, 0.15) is 38.2 Å². The molecule has 1 atom stereocenters. The Morgan fingerprint density at radius 2 is 1.95 bits per heavy atom. The van der Waals surface area contributed by atoms with Crippen LogP contribution in [0.25, 0.3) is 0 Å². The number of rotatable bonds is 6. The van der Waals surface area contributed by atoms with E-state index >= 15 is 0 Å². The van der Waals surface area contributed by atoms with Crippen LogP contribution in [0.4, 0.5) is 0 Å². The van der Waals surface area contributed by atoms with Crippen LogP contribution in [0.2, 0.25) is 0 Å². The monoisotopic (exact) mass is 277 g/mol. The quantitative estimate of drug-likeness (QED) is 0.794. The fourth-order valence-corrected chi connectivity index (χ4v) is 3.15. The molecule has 112 valence electrons. The minimum Gasteiger partial charge on any atom is -0.493 e. The predicted molar refractivity (Wildman–Crippen MR) is 82.8 cm³/mol. The average Bonchev–Trinajstić information content (AvgIpc) is 2.49. The lowest BCUT2D eigenvalue weighted by Gasteiger charge is -2.35. The highest BCUT2D eigenvalue weighted by Crippen LogP contribution is 2.29. The van der Waals surface area contributed by atoms with E-state index in [9.17, 15) is 0 Å². The molecule has 0 radical (unpaired) electrons. The van der Waals surface area contributed by atoms with Crippen molar-refractivity contribution < 1.29 is 9.47 Å². The van der Waals surface area contributed by atoms with Crippen molar-refractivity contribution in [2.45, 2.75) is 45.1 Å². The third kappa shape index (κ3) is 3.66. The summed E-state index contributed by atoms with van der Waals surface area (Å²) in [6.45, 7) is 4.74. The van der Waals surface area contributed by atoms with E-state index in [4.69, 9.17) is 9.47 Å². The van der Waals surface area contributed by atoms with Gasteiger partial charge in [0.05, 0.1) is 14.2 Å². The fourth-order valence-electron chi connectivity index (χ4n) is 3.15. The van der Waals surface area contributed by atoms with E-state index in [-0.39, 0.29) is 0 Å². The highest BCUT2D eigenvalue weighted by atomic mass is 16.5. The summed E-state index contributed by atoms with van der Waals surface area (Å²) >= 11 is 0. The van der Waals surface area contributed by atoms with Gasteiger partial charge in [-0.1, -0.05) is 19.4 Å². The molecule has 20 heavy (non-hydrogen) atoms.